The van der Waals surface area contributed by atoms with Crippen LogP contribution in [-0.4, -0.2) is 25.8 Å². The molecular weight excluding hydrogens is 343 g/mol. The van der Waals surface area contributed by atoms with Crippen LogP contribution in [0.15, 0.2) is 18.2 Å². The third kappa shape index (κ3) is 6.13. The molecule has 0 aromatic heterocycles. The minimum absolute atomic E-state index is 0.161. The Morgan fingerprint density at radius 1 is 1.23 bits per heavy atom. The van der Waals surface area contributed by atoms with E-state index < -0.39 is 10.0 Å². The number of hydrogen-bond donors (Lipinski definition) is 0. The van der Waals surface area contributed by atoms with Crippen molar-refractivity contribution in [3.05, 3.63) is 33.8 Å². The first-order chi connectivity index (χ1) is 10.0. The second-order valence-electron chi connectivity index (χ2n) is 6.31. The summed E-state index contributed by atoms with van der Waals surface area (Å²) >= 11 is 11.8. The maximum absolute atomic E-state index is 12.6. The third-order valence-corrected chi connectivity index (χ3v) is 5.39. The van der Waals surface area contributed by atoms with Crippen molar-refractivity contribution in [2.24, 2.45) is 5.41 Å². The molecule has 0 fully saturated rings. The fraction of sp³-hybridized carbons (Fsp3) is 0.533. The average Bonchev–Trinajstić information content (AvgIpc) is 2.37. The SMILES string of the molecule is CC(C)(C)CN(CCC#N)S(=O)(=O)Cc1ccc(Cl)c(Cl)c1. The zero-order valence-corrected chi connectivity index (χ0v) is 15.3. The second kappa shape index (κ2) is 7.65. The zero-order chi connectivity index (χ0) is 17.0. The van der Waals surface area contributed by atoms with Gasteiger partial charge in [-0.3, -0.25) is 0 Å². The van der Waals surface area contributed by atoms with Crippen LogP contribution in [0.25, 0.3) is 0 Å². The van der Waals surface area contributed by atoms with E-state index in [9.17, 15) is 8.42 Å². The van der Waals surface area contributed by atoms with Gasteiger partial charge in [0.05, 0.1) is 21.9 Å². The highest BCUT2D eigenvalue weighted by Crippen LogP contribution is 2.25. The summed E-state index contributed by atoms with van der Waals surface area (Å²) in [5.41, 5.74) is 0.380. The molecule has 0 heterocycles. The molecule has 0 radical (unpaired) electrons. The standard InChI is InChI=1S/C15H20Cl2N2O2S/c1-15(2,3)11-19(8-4-7-18)22(20,21)10-12-5-6-13(16)14(17)9-12/h5-6,9H,4,8,10-11H2,1-3H3. The quantitative estimate of drug-likeness (QED) is 0.765. The molecule has 0 saturated carbocycles. The summed E-state index contributed by atoms with van der Waals surface area (Å²) in [6.45, 7) is 6.43. The normalized spacial score (nSPS) is 12.4. The Morgan fingerprint density at radius 3 is 2.36 bits per heavy atom. The highest BCUT2D eigenvalue weighted by Gasteiger charge is 2.27. The van der Waals surface area contributed by atoms with Crippen LogP contribution in [0.4, 0.5) is 0 Å². The van der Waals surface area contributed by atoms with Crippen LogP contribution >= 0.6 is 23.2 Å². The van der Waals surface area contributed by atoms with E-state index >= 15 is 0 Å². The molecule has 0 aliphatic heterocycles. The number of nitrogens with zero attached hydrogens (tertiary/aromatic N) is 2. The van der Waals surface area contributed by atoms with Gasteiger partial charge in [0.15, 0.2) is 0 Å². The molecule has 1 aromatic rings. The van der Waals surface area contributed by atoms with Crippen LogP contribution in [0, 0.1) is 16.7 Å². The Bertz CT molecular complexity index is 661. The molecule has 0 N–H and O–H groups in total. The maximum atomic E-state index is 12.6. The lowest BCUT2D eigenvalue weighted by Crippen LogP contribution is -2.39. The van der Waals surface area contributed by atoms with Crippen molar-refractivity contribution in [3.8, 4) is 6.07 Å². The molecule has 0 amide bonds. The van der Waals surface area contributed by atoms with Gasteiger partial charge in [-0.2, -0.15) is 5.26 Å². The number of nitriles is 1. The Kier molecular flexibility index (Phi) is 6.69. The highest BCUT2D eigenvalue weighted by molar-refractivity contribution is 7.88. The van der Waals surface area contributed by atoms with Crippen LogP contribution in [0.3, 0.4) is 0 Å². The van der Waals surface area contributed by atoms with Crippen LogP contribution in [-0.2, 0) is 15.8 Å². The third-order valence-electron chi connectivity index (χ3n) is 2.85. The molecule has 0 aliphatic carbocycles. The fourth-order valence-electron chi connectivity index (χ4n) is 1.95. The van der Waals surface area contributed by atoms with Crippen molar-refractivity contribution in [3.63, 3.8) is 0 Å². The molecule has 0 aliphatic rings. The summed E-state index contributed by atoms with van der Waals surface area (Å²) < 4.78 is 26.6. The van der Waals surface area contributed by atoms with E-state index in [0.717, 1.165) is 0 Å². The number of benzene rings is 1. The summed E-state index contributed by atoms with van der Waals surface area (Å²) in [6, 6.07) is 6.77. The van der Waals surface area contributed by atoms with Gasteiger partial charge in [-0.1, -0.05) is 50.0 Å². The van der Waals surface area contributed by atoms with E-state index in [-0.39, 0.29) is 24.1 Å². The molecule has 1 rings (SSSR count). The average molecular weight is 363 g/mol. The largest absolute Gasteiger partial charge is 0.218 e. The van der Waals surface area contributed by atoms with Crippen molar-refractivity contribution in [2.75, 3.05) is 13.1 Å². The predicted octanol–water partition coefficient (Wildman–Crippen LogP) is 4.08. The molecule has 0 saturated heterocycles. The molecule has 122 valence electrons. The summed E-state index contributed by atoms with van der Waals surface area (Å²) in [4.78, 5) is 0. The molecule has 0 bridgehead atoms. The van der Waals surface area contributed by atoms with Crippen molar-refractivity contribution >= 4 is 33.2 Å². The smallest absolute Gasteiger partial charge is 0.212 e. The van der Waals surface area contributed by atoms with Crippen molar-refractivity contribution in [2.45, 2.75) is 32.9 Å². The van der Waals surface area contributed by atoms with Crippen molar-refractivity contribution in [1.82, 2.24) is 4.31 Å². The lowest BCUT2D eigenvalue weighted by atomic mass is 9.97. The van der Waals surface area contributed by atoms with Gasteiger partial charge in [0.2, 0.25) is 10.0 Å². The van der Waals surface area contributed by atoms with E-state index in [2.05, 4.69) is 0 Å². The monoisotopic (exact) mass is 362 g/mol. The van der Waals surface area contributed by atoms with Gasteiger partial charge in [0.1, 0.15) is 0 Å². The summed E-state index contributed by atoms with van der Waals surface area (Å²) in [5, 5.41) is 9.45. The molecule has 22 heavy (non-hydrogen) atoms. The number of sulfonamides is 1. The molecule has 4 nitrogen and oxygen atoms in total. The topological polar surface area (TPSA) is 61.2 Å². The van der Waals surface area contributed by atoms with E-state index in [4.69, 9.17) is 28.5 Å². The van der Waals surface area contributed by atoms with Crippen molar-refractivity contribution in [1.29, 1.82) is 5.26 Å². The van der Waals surface area contributed by atoms with Crippen LogP contribution < -0.4 is 0 Å². The minimum atomic E-state index is -3.53. The van der Waals surface area contributed by atoms with E-state index in [1.807, 2.05) is 26.8 Å². The molecule has 1 aromatic carbocycles. The van der Waals surface area contributed by atoms with Crippen LogP contribution in [0.5, 0.6) is 0 Å². The lowest BCUT2D eigenvalue weighted by Gasteiger charge is -2.28. The highest BCUT2D eigenvalue weighted by atomic mass is 35.5. The van der Waals surface area contributed by atoms with E-state index in [1.54, 1.807) is 18.2 Å². The first kappa shape index (κ1) is 19.2. The minimum Gasteiger partial charge on any atom is -0.212 e. The Labute approximate surface area is 142 Å². The van der Waals surface area contributed by atoms with Gasteiger partial charge < -0.3 is 0 Å². The Morgan fingerprint density at radius 2 is 1.86 bits per heavy atom. The fourth-order valence-corrected chi connectivity index (χ4v) is 4.01. The molecule has 7 heteroatoms. The molecule has 0 atom stereocenters. The molecule has 0 unspecified atom stereocenters. The number of halogens is 2. The first-order valence-corrected chi connectivity index (χ1v) is 9.20. The second-order valence-corrected chi connectivity index (χ2v) is 9.09. The first-order valence-electron chi connectivity index (χ1n) is 6.84. The summed E-state index contributed by atoms with van der Waals surface area (Å²) in [5.74, 6) is -0.161. The zero-order valence-electron chi connectivity index (χ0n) is 12.9. The summed E-state index contributed by atoms with van der Waals surface area (Å²) in [7, 11) is -3.53. The van der Waals surface area contributed by atoms with Gasteiger partial charge in [0.25, 0.3) is 0 Å². The van der Waals surface area contributed by atoms with Crippen LogP contribution in [0.1, 0.15) is 32.8 Å². The van der Waals surface area contributed by atoms with Gasteiger partial charge in [-0.15, -0.1) is 0 Å². The maximum Gasteiger partial charge on any atom is 0.218 e. The van der Waals surface area contributed by atoms with E-state index in [0.29, 0.717) is 22.2 Å². The van der Waals surface area contributed by atoms with Gasteiger partial charge in [-0.05, 0) is 23.1 Å². The van der Waals surface area contributed by atoms with Gasteiger partial charge in [-0.25, -0.2) is 12.7 Å². The molecular formula is C15H20Cl2N2O2S. The van der Waals surface area contributed by atoms with Gasteiger partial charge in [0, 0.05) is 19.5 Å². The van der Waals surface area contributed by atoms with E-state index in [1.165, 1.54) is 4.31 Å². The number of hydrogen-bond acceptors (Lipinski definition) is 3. The number of rotatable bonds is 6. The molecule has 0 spiro atoms. The van der Waals surface area contributed by atoms with Gasteiger partial charge >= 0.3 is 0 Å². The predicted molar refractivity (Wildman–Crippen MR) is 90.3 cm³/mol. The lowest BCUT2D eigenvalue weighted by molar-refractivity contribution is 0.284. The van der Waals surface area contributed by atoms with Crippen LogP contribution in [0.2, 0.25) is 10.0 Å². The van der Waals surface area contributed by atoms with Crippen molar-refractivity contribution < 1.29 is 8.42 Å². The Hall–Kier alpha value is -0.800. The Balaban J connectivity index is 3.00. The summed E-state index contributed by atoms with van der Waals surface area (Å²) in [6.07, 6.45) is 0.163.